The molecule has 0 aromatic rings. The number of rotatable bonds is 2. The van der Waals surface area contributed by atoms with Gasteiger partial charge in [0.1, 0.15) is 17.2 Å². The summed E-state index contributed by atoms with van der Waals surface area (Å²) in [4.78, 5) is 37.3. The first-order valence-electron chi connectivity index (χ1n) is 7.17. The fourth-order valence-electron chi connectivity index (χ4n) is 4.07. The number of fused-ring (bicyclic) bond motifs is 3. The van der Waals surface area contributed by atoms with Crippen LogP contribution in [0.4, 0.5) is 4.79 Å². The third-order valence-corrected chi connectivity index (χ3v) is 4.70. The highest BCUT2D eigenvalue weighted by atomic mass is 16.6. The molecule has 5 heteroatoms. The number of carbonyl (C=O) groups is 3. The summed E-state index contributed by atoms with van der Waals surface area (Å²) in [5.41, 5.74) is -0.564. The zero-order chi connectivity index (χ0) is 15.0. The standard InChI is InChI=1S/C15H21NO4/c1-6(17)8-10-11-9(7(2)18)13(11)16(12(8)10)14(19)20-15(3,4)5/h8-13H,1-5H3. The molecule has 6 atom stereocenters. The van der Waals surface area contributed by atoms with E-state index in [9.17, 15) is 14.4 Å². The lowest BCUT2D eigenvalue weighted by molar-refractivity contribution is -0.120. The van der Waals surface area contributed by atoms with Crippen molar-refractivity contribution in [3.05, 3.63) is 0 Å². The number of ether oxygens (including phenoxy) is 1. The van der Waals surface area contributed by atoms with Crippen molar-refractivity contribution in [2.24, 2.45) is 23.7 Å². The van der Waals surface area contributed by atoms with Gasteiger partial charge < -0.3 is 9.64 Å². The molecule has 2 aliphatic carbocycles. The van der Waals surface area contributed by atoms with Crippen molar-refractivity contribution >= 4 is 17.7 Å². The second-order valence-corrected chi connectivity index (χ2v) is 7.30. The predicted molar refractivity (Wildman–Crippen MR) is 71.0 cm³/mol. The summed E-state index contributed by atoms with van der Waals surface area (Å²) >= 11 is 0. The summed E-state index contributed by atoms with van der Waals surface area (Å²) in [6, 6.07) is -0.0686. The molecular weight excluding hydrogens is 258 g/mol. The zero-order valence-corrected chi connectivity index (χ0v) is 12.5. The summed E-state index contributed by atoms with van der Waals surface area (Å²) in [7, 11) is 0. The van der Waals surface area contributed by atoms with Gasteiger partial charge in [0.05, 0.1) is 0 Å². The van der Waals surface area contributed by atoms with Crippen molar-refractivity contribution in [2.45, 2.75) is 52.3 Å². The SMILES string of the molecule is CC(=O)C1C2C3C(C(C)=O)C3N(C(=O)OC(C)(C)C)C12. The molecular formula is C15H21NO4. The fraction of sp³-hybridized carbons (Fsp3) is 0.800. The number of carbonyl (C=O) groups excluding carboxylic acids is 3. The van der Waals surface area contributed by atoms with Crippen molar-refractivity contribution in [3.63, 3.8) is 0 Å². The van der Waals surface area contributed by atoms with E-state index in [0.717, 1.165) is 0 Å². The molecule has 0 N–H and O–H groups in total. The van der Waals surface area contributed by atoms with Crippen LogP contribution in [0, 0.1) is 23.7 Å². The summed E-state index contributed by atoms with van der Waals surface area (Å²) in [6.07, 6.45) is -0.382. The highest BCUT2D eigenvalue weighted by Crippen LogP contribution is 2.69. The molecule has 20 heavy (non-hydrogen) atoms. The lowest BCUT2D eigenvalue weighted by Crippen LogP contribution is -2.41. The summed E-state index contributed by atoms with van der Waals surface area (Å²) in [6.45, 7) is 8.59. The van der Waals surface area contributed by atoms with Crippen molar-refractivity contribution in [1.29, 1.82) is 0 Å². The Labute approximate surface area is 118 Å². The van der Waals surface area contributed by atoms with Gasteiger partial charge in [-0.1, -0.05) is 0 Å². The van der Waals surface area contributed by atoms with Gasteiger partial charge >= 0.3 is 6.09 Å². The minimum absolute atomic E-state index is 0.0343. The Hall–Kier alpha value is -1.39. The molecule has 110 valence electrons. The van der Waals surface area contributed by atoms with Gasteiger partial charge in [-0.25, -0.2) is 4.79 Å². The van der Waals surface area contributed by atoms with Crippen LogP contribution in [-0.2, 0) is 14.3 Å². The van der Waals surface area contributed by atoms with Crippen molar-refractivity contribution in [2.75, 3.05) is 0 Å². The van der Waals surface area contributed by atoms with Gasteiger partial charge in [0, 0.05) is 23.9 Å². The Morgan fingerprint density at radius 3 is 1.60 bits per heavy atom. The van der Waals surface area contributed by atoms with Crippen LogP contribution in [0.1, 0.15) is 34.6 Å². The minimum Gasteiger partial charge on any atom is -0.444 e. The number of amides is 1. The van der Waals surface area contributed by atoms with E-state index in [-0.39, 0.29) is 53.4 Å². The number of hydrogen-bond donors (Lipinski definition) is 0. The number of ketones is 2. The van der Waals surface area contributed by atoms with E-state index >= 15 is 0 Å². The first kappa shape index (κ1) is 13.6. The van der Waals surface area contributed by atoms with Crippen LogP contribution in [0.15, 0.2) is 0 Å². The smallest absolute Gasteiger partial charge is 0.410 e. The molecule has 0 bridgehead atoms. The average Bonchev–Trinajstić information content (AvgIpc) is 3.09. The number of hydrogen-bond acceptors (Lipinski definition) is 4. The monoisotopic (exact) mass is 279 g/mol. The molecule has 1 heterocycles. The Bertz CT molecular complexity index is 474. The van der Waals surface area contributed by atoms with E-state index in [1.54, 1.807) is 18.7 Å². The number of nitrogens with zero attached hydrogens (tertiary/aromatic N) is 1. The van der Waals surface area contributed by atoms with E-state index in [4.69, 9.17) is 4.74 Å². The van der Waals surface area contributed by atoms with Crippen LogP contribution >= 0.6 is 0 Å². The summed E-state index contributed by atoms with van der Waals surface area (Å²) < 4.78 is 5.44. The van der Waals surface area contributed by atoms with Gasteiger partial charge in [0.2, 0.25) is 0 Å². The van der Waals surface area contributed by atoms with Gasteiger partial charge in [-0.2, -0.15) is 0 Å². The van der Waals surface area contributed by atoms with Gasteiger partial charge in [-0.15, -0.1) is 0 Å². The molecule has 3 aliphatic rings. The van der Waals surface area contributed by atoms with Crippen LogP contribution < -0.4 is 0 Å². The highest BCUT2D eigenvalue weighted by molar-refractivity contribution is 5.90. The number of Topliss-reactive ketones (excluding diaryl/α,β-unsaturated/α-hetero) is 2. The number of piperidine rings is 2. The lowest BCUT2D eigenvalue weighted by atomic mass is 10.1. The Morgan fingerprint density at radius 2 is 1.30 bits per heavy atom. The molecule has 6 unspecified atom stereocenters. The van der Waals surface area contributed by atoms with Gasteiger partial charge in [-0.3, -0.25) is 9.59 Å². The van der Waals surface area contributed by atoms with Gasteiger partial charge in [0.25, 0.3) is 0 Å². The first-order valence-corrected chi connectivity index (χ1v) is 7.17. The van der Waals surface area contributed by atoms with Gasteiger partial charge in [-0.05, 0) is 46.5 Å². The van der Waals surface area contributed by atoms with Crippen molar-refractivity contribution in [3.8, 4) is 0 Å². The second kappa shape index (κ2) is 3.83. The molecule has 3 fully saturated rings. The van der Waals surface area contributed by atoms with Crippen molar-refractivity contribution < 1.29 is 19.1 Å². The Balaban J connectivity index is 1.81. The molecule has 1 saturated heterocycles. The maximum Gasteiger partial charge on any atom is 0.410 e. The van der Waals surface area contributed by atoms with E-state index in [1.165, 1.54) is 0 Å². The summed E-state index contributed by atoms with van der Waals surface area (Å²) in [5.74, 6) is 0.404. The van der Waals surface area contributed by atoms with E-state index < -0.39 is 5.60 Å². The highest BCUT2D eigenvalue weighted by Gasteiger charge is 2.80. The molecule has 1 aliphatic heterocycles. The van der Waals surface area contributed by atoms with Gasteiger partial charge in [0.15, 0.2) is 0 Å². The molecule has 1 amide bonds. The predicted octanol–water partition coefficient (Wildman–Crippen LogP) is 1.64. The fourth-order valence-corrected chi connectivity index (χ4v) is 4.07. The molecule has 0 spiro atoms. The van der Waals surface area contributed by atoms with E-state index in [0.29, 0.717) is 0 Å². The molecule has 2 saturated carbocycles. The third-order valence-electron chi connectivity index (χ3n) is 4.70. The number of likely N-dealkylation sites (tertiary alicyclic amines) is 1. The van der Waals surface area contributed by atoms with Crippen LogP contribution in [0.2, 0.25) is 0 Å². The van der Waals surface area contributed by atoms with Crippen LogP contribution in [0.5, 0.6) is 0 Å². The van der Waals surface area contributed by atoms with E-state index in [1.807, 2.05) is 20.8 Å². The molecule has 0 aromatic heterocycles. The van der Waals surface area contributed by atoms with Crippen LogP contribution in [0.25, 0.3) is 0 Å². The second-order valence-electron chi connectivity index (χ2n) is 7.30. The first-order chi connectivity index (χ1) is 9.15. The van der Waals surface area contributed by atoms with Crippen molar-refractivity contribution in [1.82, 2.24) is 4.90 Å². The third kappa shape index (κ3) is 1.79. The quantitative estimate of drug-likeness (QED) is 0.771. The Kier molecular flexibility index (Phi) is 2.60. The maximum atomic E-state index is 12.4. The topological polar surface area (TPSA) is 63.7 Å². The average molecular weight is 279 g/mol. The van der Waals surface area contributed by atoms with Crippen LogP contribution in [0.3, 0.4) is 0 Å². The molecule has 0 aromatic carbocycles. The molecule has 3 rings (SSSR count). The van der Waals surface area contributed by atoms with Crippen LogP contribution in [-0.4, -0.2) is 40.2 Å². The largest absolute Gasteiger partial charge is 0.444 e. The maximum absolute atomic E-state index is 12.4. The molecule has 5 nitrogen and oxygen atoms in total. The Morgan fingerprint density at radius 1 is 0.900 bits per heavy atom. The van der Waals surface area contributed by atoms with E-state index in [2.05, 4.69) is 0 Å². The zero-order valence-electron chi connectivity index (χ0n) is 12.5. The minimum atomic E-state index is -0.564. The lowest BCUT2D eigenvalue weighted by Gasteiger charge is -2.27. The molecule has 0 radical (unpaired) electrons. The summed E-state index contributed by atoms with van der Waals surface area (Å²) in [5, 5.41) is 0. The normalized spacial score (nSPS) is 40.8.